The number of hydrogen-bond donors (Lipinski definition) is 0. The molecule has 0 saturated heterocycles. The third-order valence-electron chi connectivity index (χ3n) is 13.3. The van der Waals surface area contributed by atoms with Gasteiger partial charge in [0.15, 0.2) is 0 Å². The molecule has 0 atom stereocenters. The summed E-state index contributed by atoms with van der Waals surface area (Å²) in [5.41, 5.74) is 18.6. The fraction of sp³-hybridized carbons (Fsp3) is 0.0526. The topological polar surface area (TPSA) is 47.6 Å². The Balaban J connectivity index is 1.12. The number of fused-ring (bicyclic) bond motifs is 11. The van der Waals surface area contributed by atoms with Gasteiger partial charge < -0.3 is 0 Å². The fourth-order valence-corrected chi connectivity index (χ4v) is 10.4. The van der Waals surface area contributed by atoms with Gasteiger partial charge in [-0.15, -0.1) is 0 Å². The van der Waals surface area contributed by atoms with E-state index in [2.05, 4.69) is 172 Å². The van der Waals surface area contributed by atoms with Crippen molar-refractivity contribution in [1.29, 1.82) is 10.5 Å². The molecular weight excluding hydrogens is 713 g/mol. The Labute approximate surface area is 342 Å². The first kappa shape index (κ1) is 33.4. The molecule has 0 aromatic heterocycles. The lowest BCUT2D eigenvalue weighted by molar-refractivity contribution is 0.660. The Morgan fingerprint density at radius 3 is 1.51 bits per heavy atom. The standard InChI is InChI=1S/C57H34N2/c1-57(2)54-13-6-5-10-41(54)42-23-22-37(26-55(42)57)38-24-25-45-50-30-53-51(29-49(50)44-12-7-11-43(38)56(44)45)47(36-20-16-34(32-59)17-21-36)28-48-40-9-4-3-8-39(40)46(27-52(48)53)35-18-14-33(31-58)15-19-35/h3-30H,1-2H3. The SMILES string of the molecule is CC1(C)c2ccccc2-c2ccc(-c3ccc4c5c(cccc35)-c3cc5c(-c6ccc(C#N)cc6)cc6c7ccccc7c(-c7ccc(C#N)cc7)cc6c5cc3-4)cc21. The van der Waals surface area contributed by atoms with Gasteiger partial charge in [-0.1, -0.05) is 129 Å². The minimum atomic E-state index is -0.0756. The van der Waals surface area contributed by atoms with Crippen molar-refractivity contribution in [3.8, 4) is 78.9 Å². The molecule has 0 radical (unpaired) electrons. The van der Waals surface area contributed by atoms with Crippen LogP contribution in [0.2, 0.25) is 0 Å². The van der Waals surface area contributed by atoms with Crippen molar-refractivity contribution in [1.82, 2.24) is 0 Å². The monoisotopic (exact) mass is 746 g/mol. The van der Waals surface area contributed by atoms with Crippen LogP contribution in [0.1, 0.15) is 36.1 Å². The van der Waals surface area contributed by atoms with Gasteiger partial charge in [0.1, 0.15) is 0 Å². The summed E-state index contributed by atoms with van der Waals surface area (Å²) in [6.07, 6.45) is 0. The summed E-state index contributed by atoms with van der Waals surface area (Å²) in [6.45, 7) is 4.70. The maximum absolute atomic E-state index is 9.67. The summed E-state index contributed by atoms with van der Waals surface area (Å²) >= 11 is 0. The van der Waals surface area contributed by atoms with Crippen molar-refractivity contribution in [2.75, 3.05) is 0 Å². The maximum atomic E-state index is 9.67. The zero-order chi connectivity index (χ0) is 39.6. The lowest BCUT2D eigenvalue weighted by Crippen LogP contribution is -2.14. The number of benzene rings is 10. The van der Waals surface area contributed by atoms with Crippen molar-refractivity contribution in [2.24, 2.45) is 0 Å². The summed E-state index contributed by atoms with van der Waals surface area (Å²) in [5, 5.41) is 28.9. The molecule has 10 aromatic rings. The highest BCUT2D eigenvalue weighted by molar-refractivity contribution is 6.27. The second-order valence-corrected chi connectivity index (χ2v) is 16.6. The van der Waals surface area contributed by atoms with Crippen LogP contribution in [-0.4, -0.2) is 0 Å². The van der Waals surface area contributed by atoms with Crippen LogP contribution >= 0.6 is 0 Å². The highest BCUT2D eigenvalue weighted by atomic mass is 14.4. The predicted molar refractivity (Wildman–Crippen MR) is 244 cm³/mol. The first-order valence-corrected chi connectivity index (χ1v) is 20.2. The molecule has 0 N–H and O–H groups in total. The van der Waals surface area contributed by atoms with E-state index in [0.29, 0.717) is 11.1 Å². The van der Waals surface area contributed by atoms with Crippen molar-refractivity contribution >= 4 is 43.1 Å². The van der Waals surface area contributed by atoms with E-state index in [4.69, 9.17) is 0 Å². The van der Waals surface area contributed by atoms with Crippen LogP contribution in [0.5, 0.6) is 0 Å². The Kier molecular flexibility index (Phi) is 6.85. The van der Waals surface area contributed by atoms with Gasteiger partial charge in [-0.25, -0.2) is 0 Å². The molecule has 0 fully saturated rings. The molecule has 2 heteroatoms. The van der Waals surface area contributed by atoms with Gasteiger partial charge >= 0.3 is 0 Å². The van der Waals surface area contributed by atoms with Gasteiger partial charge in [0, 0.05) is 5.41 Å². The average molecular weight is 747 g/mol. The van der Waals surface area contributed by atoms with Gasteiger partial charge in [0.2, 0.25) is 0 Å². The Morgan fingerprint density at radius 2 is 0.797 bits per heavy atom. The predicted octanol–water partition coefficient (Wildman–Crippen LogP) is 15.0. The van der Waals surface area contributed by atoms with Crippen molar-refractivity contribution in [2.45, 2.75) is 19.3 Å². The molecule has 0 heterocycles. The number of rotatable bonds is 3. The molecule has 2 aliphatic carbocycles. The van der Waals surface area contributed by atoms with Crippen LogP contribution in [0, 0.1) is 22.7 Å². The van der Waals surface area contributed by atoms with E-state index < -0.39 is 0 Å². The minimum absolute atomic E-state index is 0.0756. The van der Waals surface area contributed by atoms with Crippen LogP contribution in [0.25, 0.3) is 110 Å². The Morgan fingerprint density at radius 1 is 0.322 bits per heavy atom. The lowest BCUT2D eigenvalue weighted by atomic mass is 9.81. The van der Waals surface area contributed by atoms with Gasteiger partial charge in [0.05, 0.1) is 23.3 Å². The van der Waals surface area contributed by atoms with E-state index in [1.165, 1.54) is 98.7 Å². The average Bonchev–Trinajstić information content (AvgIpc) is 3.73. The molecule has 0 bridgehead atoms. The third-order valence-corrected chi connectivity index (χ3v) is 13.3. The zero-order valence-corrected chi connectivity index (χ0v) is 32.6. The Hall–Kier alpha value is -7.78. The van der Waals surface area contributed by atoms with E-state index in [1.54, 1.807) is 0 Å². The summed E-state index contributed by atoms with van der Waals surface area (Å²) < 4.78 is 0. The van der Waals surface area contributed by atoms with Crippen molar-refractivity contribution < 1.29 is 0 Å². The smallest absolute Gasteiger partial charge is 0.0991 e. The largest absolute Gasteiger partial charge is 0.192 e. The molecule has 10 aromatic carbocycles. The van der Waals surface area contributed by atoms with E-state index in [1.807, 2.05) is 24.3 Å². The summed E-state index contributed by atoms with van der Waals surface area (Å²) in [4.78, 5) is 0. The van der Waals surface area contributed by atoms with E-state index in [9.17, 15) is 10.5 Å². The molecule has 12 rings (SSSR count). The van der Waals surface area contributed by atoms with E-state index in [-0.39, 0.29) is 5.41 Å². The molecular formula is C57H34N2. The van der Waals surface area contributed by atoms with Crippen molar-refractivity contribution in [3.63, 3.8) is 0 Å². The number of hydrogen-bond acceptors (Lipinski definition) is 2. The van der Waals surface area contributed by atoms with Crippen molar-refractivity contribution in [3.05, 3.63) is 192 Å². The fourth-order valence-electron chi connectivity index (χ4n) is 10.4. The molecule has 2 aliphatic rings. The molecule has 0 unspecified atom stereocenters. The molecule has 0 spiro atoms. The van der Waals surface area contributed by atoms with Gasteiger partial charge in [0.25, 0.3) is 0 Å². The zero-order valence-electron chi connectivity index (χ0n) is 32.6. The molecule has 0 aliphatic heterocycles. The van der Waals surface area contributed by atoms with Crippen LogP contribution < -0.4 is 0 Å². The quantitative estimate of drug-likeness (QED) is 0.169. The molecule has 0 saturated carbocycles. The number of nitrogens with zero attached hydrogens (tertiary/aromatic N) is 2. The van der Waals surface area contributed by atoms with Crippen LogP contribution in [0.15, 0.2) is 170 Å². The minimum Gasteiger partial charge on any atom is -0.192 e. The van der Waals surface area contributed by atoms with E-state index >= 15 is 0 Å². The number of nitriles is 2. The van der Waals surface area contributed by atoms with E-state index in [0.717, 1.165) is 22.3 Å². The summed E-state index contributed by atoms with van der Waals surface area (Å²) in [7, 11) is 0. The highest BCUT2D eigenvalue weighted by Crippen LogP contribution is 2.54. The maximum Gasteiger partial charge on any atom is 0.0991 e. The molecule has 59 heavy (non-hydrogen) atoms. The molecule has 0 amide bonds. The normalized spacial score (nSPS) is 13.0. The lowest BCUT2D eigenvalue weighted by Gasteiger charge is -2.22. The molecule has 272 valence electrons. The first-order chi connectivity index (χ1) is 28.9. The second kappa shape index (κ2) is 12.1. The van der Waals surface area contributed by atoms with Crippen LogP contribution in [0.3, 0.4) is 0 Å². The first-order valence-electron chi connectivity index (χ1n) is 20.2. The third kappa shape index (κ3) is 4.66. The van der Waals surface area contributed by atoms with Crippen LogP contribution in [0.4, 0.5) is 0 Å². The summed E-state index contributed by atoms with van der Waals surface area (Å²) in [5.74, 6) is 0. The van der Waals surface area contributed by atoms with Gasteiger partial charge in [-0.05, 0) is 176 Å². The summed E-state index contributed by atoms with van der Waals surface area (Å²) in [6, 6.07) is 66.1. The van der Waals surface area contributed by atoms with Gasteiger partial charge in [-0.3, -0.25) is 0 Å². The highest BCUT2D eigenvalue weighted by Gasteiger charge is 2.35. The molecule has 2 nitrogen and oxygen atoms in total. The Bertz CT molecular complexity index is 3570. The van der Waals surface area contributed by atoms with Crippen LogP contribution in [-0.2, 0) is 5.41 Å². The second-order valence-electron chi connectivity index (χ2n) is 16.6. The van der Waals surface area contributed by atoms with Gasteiger partial charge in [-0.2, -0.15) is 10.5 Å².